The van der Waals surface area contributed by atoms with Gasteiger partial charge in [-0.05, 0) is 13.8 Å². The van der Waals surface area contributed by atoms with Gasteiger partial charge in [-0.1, -0.05) is 0 Å². The van der Waals surface area contributed by atoms with Gasteiger partial charge in [-0.25, -0.2) is 0 Å². The lowest BCUT2D eigenvalue weighted by molar-refractivity contribution is 0.170. The summed E-state index contributed by atoms with van der Waals surface area (Å²) in [6.07, 6.45) is 1.78. The first-order chi connectivity index (χ1) is 6.09. The fourth-order valence-electron chi connectivity index (χ4n) is 1.81. The van der Waals surface area contributed by atoms with E-state index in [9.17, 15) is 4.21 Å². The maximum atomic E-state index is 11.0. The highest BCUT2D eigenvalue weighted by molar-refractivity contribution is 7.84. The van der Waals surface area contributed by atoms with Crippen molar-refractivity contribution in [3.8, 4) is 0 Å². The van der Waals surface area contributed by atoms with Crippen LogP contribution < -0.4 is 5.32 Å². The first kappa shape index (κ1) is 11.1. The van der Waals surface area contributed by atoms with Crippen molar-refractivity contribution in [3.63, 3.8) is 0 Å². The average Bonchev–Trinajstić information content (AvgIpc) is 2.03. The molecule has 0 aromatic rings. The van der Waals surface area contributed by atoms with Gasteiger partial charge >= 0.3 is 0 Å². The summed E-state index contributed by atoms with van der Waals surface area (Å²) in [6.45, 7) is 7.59. The quantitative estimate of drug-likeness (QED) is 0.705. The molecule has 1 heterocycles. The van der Waals surface area contributed by atoms with Gasteiger partial charge in [0.05, 0.1) is 0 Å². The largest absolute Gasteiger partial charge is 0.312 e. The zero-order chi connectivity index (χ0) is 9.84. The summed E-state index contributed by atoms with van der Waals surface area (Å²) in [5.74, 6) is 0.798. The Morgan fingerprint density at radius 1 is 1.69 bits per heavy atom. The molecule has 3 nitrogen and oxygen atoms in total. The summed E-state index contributed by atoms with van der Waals surface area (Å²) < 4.78 is 11.0. The molecule has 1 rings (SSSR count). The fourth-order valence-corrected chi connectivity index (χ4v) is 2.70. The summed E-state index contributed by atoms with van der Waals surface area (Å²) in [5, 5.41) is 3.40. The Labute approximate surface area is 83.3 Å². The maximum Gasteiger partial charge on any atom is 0.0385 e. The van der Waals surface area contributed by atoms with Crippen LogP contribution in [0.4, 0.5) is 0 Å². The van der Waals surface area contributed by atoms with Crippen LogP contribution in [0.1, 0.15) is 13.8 Å². The molecule has 0 radical (unpaired) electrons. The van der Waals surface area contributed by atoms with E-state index in [2.05, 4.69) is 24.1 Å². The van der Waals surface area contributed by atoms with Gasteiger partial charge in [0.1, 0.15) is 0 Å². The van der Waals surface area contributed by atoms with Crippen molar-refractivity contribution >= 4 is 10.8 Å². The molecule has 3 atom stereocenters. The molecular weight excluding hydrogens is 184 g/mol. The lowest BCUT2D eigenvalue weighted by Gasteiger charge is -2.35. The number of nitrogens with zero attached hydrogens (tertiary/aromatic N) is 1. The second kappa shape index (κ2) is 5.08. The molecule has 1 aliphatic rings. The highest BCUT2D eigenvalue weighted by Crippen LogP contribution is 2.05. The van der Waals surface area contributed by atoms with Crippen molar-refractivity contribution < 1.29 is 4.21 Å². The highest BCUT2D eigenvalue weighted by Gasteiger charge is 2.20. The van der Waals surface area contributed by atoms with E-state index >= 15 is 0 Å². The molecule has 78 valence electrons. The SMILES string of the molecule is CC1CN(C(C)CS(C)=O)CCN1. The smallest absolute Gasteiger partial charge is 0.0385 e. The first-order valence-corrected chi connectivity index (χ1v) is 6.59. The molecule has 13 heavy (non-hydrogen) atoms. The van der Waals surface area contributed by atoms with Crippen molar-refractivity contribution in [1.29, 1.82) is 0 Å². The van der Waals surface area contributed by atoms with E-state index in [4.69, 9.17) is 0 Å². The molecular formula is C9H20N2OS. The molecule has 0 aliphatic carbocycles. The van der Waals surface area contributed by atoms with Crippen molar-refractivity contribution in [2.45, 2.75) is 25.9 Å². The Balaban J connectivity index is 2.36. The van der Waals surface area contributed by atoms with E-state index in [-0.39, 0.29) is 0 Å². The fraction of sp³-hybridized carbons (Fsp3) is 1.00. The molecule has 1 aliphatic heterocycles. The molecule has 0 bridgehead atoms. The van der Waals surface area contributed by atoms with Crippen LogP contribution in [0.5, 0.6) is 0 Å². The van der Waals surface area contributed by atoms with Gasteiger partial charge < -0.3 is 5.32 Å². The zero-order valence-corrected chi connectivity index (χ0v) is 9.56. The second-order valence-electron chi connectivity index (χ2n) is 3.94. The van der Waals surface area contributed by atoms with Crippen LogP contribution in [0.25, 0.3) is 0 Å². The average molecular weight is 204 g/mol. The number of piperazine rings is 1. The van der Waals surface area contributed by atoms with Crippen molar-refractivity contribution in [3.05, 3.63) is 0 Å². The summed E-state index contributed by atoms with van der Waals surface area (Å²) in [5.41, 5.74) is 0. The first-order valence-electron chi connectivity index (χ1n) is 4.87. The third-order valence-electron chi connectivity index (χ3n) is 2.50. The summed E-state index contributed by atoms with van der Waals surface area (Å²) in [4.78, 5) is 2.42. The molecule has 1 fully saturated rings. The van der Waals surface area contributed by atoms with E-state index in [0.29, 0.717) is 12.1 Å². The van der Waals surface area contributed by atoms with Crippen LogP contribution >= 0.6 is 0 Å². The highest BCUT2D eigenvalue weighted by atomic mass is 32.2. The third-order valence-corrected chi connectivity index (χ3v) is 3.45. The van der Waals surface area contributed by atoms with Crippen LogP contribution in [0, 0.1) is 0 Å². The number of hydrogen-bond acceptors (Lipinski definition) is 3. The van der Waals surface area contributed by atoms with Gasteiger partial charge in [0.2, 0.25) is 0 Å². The zero-order valence-electron chi connectivity index (χ0n) is 8.75. The van der Waals surface area contributed by atoms with Crippen molar-refractivity contribution in [1.82, 2.24) is 10.2 Å². The van der Waals surface area contributed by atoms with Gasteiger partial charge in [0.25, 0.3) is 0 Å². The third kappa shape index (κ3) is 3.75. The minimum Gasteiger partial charge on any atom is -0.312 e. The van der Waals surface area contributed by atoms with Gasteiger partial charge in [0, 0.05) is 54.5 Å². The molecule has 0 aromatic carbocycles. The lowest BCUT2D eigenvalue weighted by atomic mass is 10.2. The standard InChI is InChI=1S/C9H20N2OS/c1-8-6-11(5-4-10-8)9(2)7-13(3)12/h8-10H,4-7H2,1-3H3. The van der Waals surface area contributed by atoms with Crippen LogP contribution in [0.15, 0.2) is 0 Å². The molecule has 1 saturated heterocycles. The monoisotopic (exact) mass is 204 g/mol. The van der Waals surface area contributed by atoms with Gasteiger partial charge in [-0.3, -0.25) is 9.11 Å². The van der Waals surface area contributed by atoms with Crippen LogP contribution in [0.3, 0.4) is 0 Å². The Morgan fingerprint density at radius 3 is 2.92 bits per heavy atom. The van der Waals surface area contributed by atoms with Crippen molar-refractivity contribution in [2.24, 2.45) is 0 Å². The molecule has 0 aromatic heterocycles. The minimum absolute atomic E-state index is 0.454. The Hall–Kier alpha value is 0.0700. The summed E-state index contributed by atoms with van der Waals surface area (Å²) in [7, 11) is -0.671. The van der Waals surface area contributed by atoms with Gasteiger partial charge in [0.15, 0.2) is 0 Å². The van der Waals surface area contributed by atoms with Gasteiger partial charge in [-0.2, -0.15) is 0 Å². The lowest BCUT2D eigenvalue weighted by Crippen LogP contribution is -2.53. The summed E-state index contributed by atoms with van der Waals surface area (Å²) >= 11 is 0. The molecule has 3 unspecified atom stereocenters. The normalized spacial score (nSPS) is 29.9. The number of rotatable bonds is 3. The topological polar surface area (TPSA) is 32.3 Å². The predicted molar refractivity (Wildman–Crippen MR) is 57.4 cm³/mol. The predicted octanol–water partition coefficient (Wildman–Crippen LogP) is 0.0471. The molecule has 4 heteroatoms. The molecule has 1 N–H and O–H groups in total. The van der Waals surface area contributed by atoms with E-state index in [1.807, 2.05) is 0 Å². The second-order valence-corrected chi connectivity index (χ2v) is 5.42. The Bertz CT molecular complexity index is 186. The molecule has 0 spiro atoms. The summed E-state index contributed by atoms with van der Waals surface area (Å²) in [6, 6.07) is 1.02. The molecule has 0 saturated carbocycles. The van der Waals surface area contributed by atoms with E-state index in [1.54, 1.807) is 6.26 Å². The van der Waals surface area contributed by atoms with E-state index < -0.39 is 10.8 Å². The minimum atomic E-state index is -0.671. The Morgan fingerprint density at radius 2 is 2.38 bits per heavy atom. The van der Waals surface area contributed by atoms with Crippen LogP contribution in [-0.4, -0.2) is 52.8 Å². The maximum absolute atomic E-state index is 11.0. The van der Waals surface area contributed by atoms with E-state index in [0.717, 1.165) is 25.4 Å². The number of hydrogen-bond donors (Lipinski definition) is 1. The Kier molecular flexibility index (Phi) is 4.35. The molecule has 0 amide bonds. The van der Waals surface area contributed by atoms with Crippen LogP contribution in [-0.2, 0) is 10.8 Å². The van der Waals surface area contributed by atoms with Gasteiger partial charge in [-0.15, -0.1) is 0 Å². The number of nitrogens with one attached hydrogen (secondary N) is 1. The van der Waals surface area contributed by atoms with E-state index in [1.165, 1.54) is 0 Å². The van der Waals surface area contributed by atoms with Crippen molar-refractivity contribution in [2.75, 3.05) is 31.6 Å². The van der Waals surface area contributed by atoms with Crippen LogP contribution in [0.2, 0.25) is 0 Å².